The second-order valence-electron chi connectivity index (χ2n) is 3.80. The van der Waals surface area contributed by atoms with Crippen LogP contribution in [0.25, 0.3) is 0 Å². The number of aromatic nitrogens is 1. The van der Waals surface area contributed by atoms with E-state index in [1.54, 1.807) is 17.8 Å². The molecule has 1 aromatic heterocycles. The third-order valence-electron chi connectivity index (χ3n) is 2.31. The van der Waals surface area contributed by atoms with Crippen molar-refractivity contribution in [3.63, 3.8) is 0 Å². The summed E-state index contributed by atoms with van der Waals surface area (Å²) in [6.07, 6.45) is 4.23. The second-order valence-corrected chi connectivity index (χ2v) is 6.47. The molecule has 0 saturated heterocycles. The van der Waals surface area contributed by atoms with Gasteiger partial charge in [-0.3, -0.25) is 0 Å². The van der Waals surface area contributed by atoms with E-state index < -0.39 is 10.0 Å². The zero-order valence-electron chi connectivity index (χ0n) is 10.4. The van der Waals surface area contributed by atoms with Gasteiger partial charge in [-0.1, -0.05) is 0 Å². The molecule has 102 valence electrons. The first-order valence-electron chi connectivity index (χ1n) is 5.44. The second kappa shape index (κ2) is 6.93. The van der Waals surface area contributed by atoms with Crippen molar-refractivity contribution in [3.8, 4) is 0 Å². The third kappa shape index (κ3) is 4.13. The van der Waals surface area contributed by atoms with Crippen LogP contribution >= 0.6 is 11.8 Å². The van der Waals surface area contributed by atoms with E-state index in [0.717, 1.165) is 12.2 Å². The molecule has 0 radical (unpaired) electrons. The average Bonchev–Trinajstić information content (AvgIpc) is 2.35. The van der Waals surface area contributed by atoms with Gasteiger partial charge in [0.25, 0.3) is 0 Å². The molecular weight excluding hydrogens is 272 g/mol. The zero-order chi connectivity index (χ0) is 13.6. The number of nitrogens with zero attached hydrogens (tertiary/aromatic N) is 1. The molecule has 0 aliphatic heterocycles. The lowest BCUT2D eigenvalue weighted by Crippen LogP contribution is -2.33. The minimum absolute atomic E-state index is 0.0588. The number of hydrazine groups is 1. The standard InChI is InChI=1S/C10H18N4O2S2/c1-8(5-7-17-2)14-18(15,16)9-4-3-6-12-10(9)13-11/h3-4,6,8,14H,5,7,11H2,1-2H3,(H,12,13). The summed E-state index contributed by atoms with van der Waals surface area (Å²) in [5.74, 6) is 6.29. The van der Waals surface area contributed by atoms with Gasteiger partial charge in [-0.25, -0.2) is 24.0 Å². The summed E-state index contributed by atoms with van der Waals surface area (Å²) in [5.41, 5.74) is 2.28. The van der Waals surface area contributed by atoms with Gasteiger partial charge in [0, 0.05) is 12.2 Å². The Morgan fingerprint density at radius 3 is 2.89 bits per heavy atom. The maximum Gasteiger partial charge on any atom is 0.244 e. The van der Waals surface area contributed by atoms with Gasteiger partial charge in [0.05, 0.1) is 0 Å². The monoisotopic (exact) mass is 290 g/mol. The van der Waals surface area contributed by atoms with Gasteiger partial charge in [-0.05, 0) is 37.5 Å². The highest BCUT2D eigenvalue weighted by Gasteiger charge is 2.20. The van der Waals surface area contributed by atoms with Gasteiger partial charge >= 0.3 is 0 Å². The fourth-order valence-corrected chi connectivity index (χ4v) is 3.39. The number of anilines is 1. The molecule has 18 heavy (non-hydrogen) atoms. The highest BCUT2D eigenvalue weighted by Crippen LogP contribution is 2.17. The van der Waals surface area contributed by atoms with Crippen LogP contribution in [0.5, 0.6) is 0 Å². The first-order valence-corrected chi connectivity index (χ1v) is 8.32. The topological polar surface area (TPSA) is 97.1 Å². The Hall–Kier alpha value is -0.830. The Kier molecular flexibility index (Phi) is 5.86. The molecule has 1 aromatic rings. The summed E-state index contributed by atoms with van der Waals surface area (Å²) in [6, 6.07) is 2.89. The molecule has 6 nitrogen and oxygen atoms in total. The Balaban J connectivity index is 2.86. The van der Waals surface area contributed by atoms with Crippen molar-refractivity contribution in [1.29, 1.82) is 0 Å². The van der Waals surface area contributed by atoms with Crippen LogP contribution in [0.4, 0.5) is 5.82 Å². The summed E-state index contributed by atoms with van der Waals surface area (Å²) in [4.78, 5) is 3.93. The van der Waals surface area contributed by atoms with E-state index in [0.29, 0.717) is 0 Å². The van der Waals surface area contributed by atoms with Crippen molar-refractivity contribution >= 4 is 27.6 Å². The first-order chi connectivity index (χ1) is 8.51. The van der Waals surface area contributed by atoms with E-state index in [1.807, 2.05) is 13.2 Å². The van der Waals surface area contributed by atoms with Crippen molar-refractivity contribution in [1.82, 2.24) is 9.71 Å². The number of pyridine rings is 1. The number of hydrogen-bond donors (Lipinski definition) is 3. The zero-order valence-corrected chi connectivity index (χ0v) is 12.0. The highest BCUT2D eigenvalue weighted by molar-refractivity contribution is 7.98. The van der Waals surface area contributed by atoms with Crippen molar-refractivity contribution in [2.45, 2.75) is 24.3 Å². The quantitative estimate of drug-likeness (QED) is 0.507. The predicted octanol–water partition coefficient (Wildman–Crippen LogP) is 0.787. The highest BCUT2D eigenvalue weighted by atomic mass is 32.2. The van der Waals surface area contributed by atoms with Crippen LogP contribution in [0.1, 0.15) is 13.3 Å². The molecule has 0 amide bonds. The van der Waals surface area contributed by atoms with E-state index >= 15 is 0 Å². The van der Waals surface area contributed by atoms with E-state index in [-0.39, 0.29) is 16.8 Å². The number of thioether (sulfide) groups is 1. The van der Waals surface area contributed by atoms with E-state index in [4.69, 9.17) is 5.84 Å². The average molecular weight is 290 g/mol. The summed E-state index contributed by atoms with van der Waals surface area (Å²) < 4.78 is 26.9. The number of nitrogen functional groups attached to an aromatic ring is 1. The van der Waals surface area contributed by atoms with Crippen LogP contribution in [0.3, 0.4) is 0 Å². The minimum Gasteiger partial charge on any atom is -0.307 e. The molecule has 1 unspecified atom stereocenters. The Bertz CT molecular complexity index is 479. The van der Waals surface area contributed by atoms with E-state index in [2.05, 4.69) is 15.1 Å². The molecule has 1 heterocycles. The number of nitrogens with two attached hydrogens (primary N) is 1. The van der Waals surface area contributed by atoms with Crippen LogP contribution in [0, 0.1) is 0 Å². The van der Waals surface area contributed by atoms with Crippen LogP contribution in [0.2, 0.25) is 0 Å². The lowest BCUT2D eigenvalue weighted by atomic mass is 10.3. The van der Waals surface area contributed by atoms with Crippen LogP contribution in [-0.2, 0) is 10.0 Å². The number of rotatable bonds is 7. The minimum atomic E-state index is -3.60. The molecular formula is C10H18N4O2S2. The van der Waals surface area contributed by atoms with Gasteiger partial charge in [0.15, 0.2) is 5.82 Å². The van der Waals surface area contributed by atoms with Gasteiger partial charge in [0.1, 0.15) is 4.90 Å². The van der Waals surface area contributed by atoms with Gasteiger partial charge in [-0.2, -0.15) is 11.8 Å². The summed E-state index contributed by atoms with van der Waals surface area (Å²) in [6.45, 7) is 1.83. The number of hydrogen-bond acceptors (Lipinski definition) is 6. The van der Waals surface area contributed by atoms with Crippen molar-refractivity contribution in [3.05, 3.63) is 18.3 Å². The molecule has 1 rings (SSSR count). The van der Waals surface area contributed by atoms with Gasteiger partial charge in [-0.15, -0.1) is 0 Å². The van der Waals surface area contributed by atoms with E-state index in [9.17, 15) is 8.42 Å². The van der Waals surface area contributed by atoms with Crippen molar-refractivity contribution in [2.24, 2.45) is 5.84 Å². The molecule has 1 atom stereocenters. The number of sulfonamides is 1. The summed E-state index contributed by atoms with van der Waals surface area (Å²) in [5, 5.41) is 0. The van der Waals surface area contributed by atoms with E-state index in [1.165, 1.54) is 12.3 Å². The molecule has 0 bridgehead atoms. The first kappa shape index (κ1) is 15.2. The maximum absolute atomic E-state index is 12.1. The predicted molar refractivity (Wildman–Crippen MR) is 74.8 cm³/mol. The van der Waals surface area contributed by atoms with Crippen molar-refractivity contribution in [2.75, 3.05) is 17.4 Å². The smallest absolute Gasteiger partial charge is 0.244 e. The van der Waals surface area contributed by atoms with Crippen LogP contribution in [-0.4, -0.2) is 31.5 Å². The Morgan fingerprint density at radius 1 is 1.56 bits per heavy atom. The number of nitrogens with one attached hydrogen (secondary N) is 2. The maximum atomic E-state index is 12.1. The summed E-state index contributed by atoms with van der Waals surface area (Å²) in [7, 11) is -3.60. The molecule has 0 spiro atoms. The SMILES string of the molecule is CSCCC(C)NS(=O)(=O)c1cccnc1NN. The summed E-state index contributed by atoms with van der Waals surface area (Å²) >= 11 is 1.68. The van der Waals surface area contributed by atoms with Gasteiger partial charge in [0.2, 0.25) is 10.0 Å². The fraction of sp³-hybridized carbons (Fsp3) is 0.500. The molecule has 0 aliphatic rings. The third-order valence-corrected chi connectivity index (χ3v) is 4.57. The van der Waals surface area contributed by atoms with Crippen LogP contribution in [0.15, 0.2) is 23.2 Å². The molecule has 0 saturated carbocycles. The molecule has 8 heteroatoms. The Morgan fingerprint density at radius 2 is 2.28 bits per heavy atom. The largest absolute Gasteiger partial charge is 0.307 e. The lowest BCUT2D eigenvalue weighted by molar-refractivity contribution is 0.557. The molecule has 0 aliphatic carbocycles. The Labute approximate surface area is 112 Å². The normalized spacial score (nSPS) is 13.3. The van der Waals surface area contributed by atoms with Crippen molar-refractivity contribution < 1.29 is 8.42 Å². The molecule has 4 N–H and O–H groups in total. The van der Waals surface area contributed by atoms with Gasteiger partial charge < -0.3 is 5.43 Å². The van der Waals surface area contributed by atoms with Crippen LogP contribution < -0.4 is 16.0 Å². The molecule has 0 fully saturated rings. The molecule has 0 aromatic carbocycles. The fourth-order valence-electron chi connectivity index (χ4n) is 1.40. The lowest BCUT2D eigenvalue weighted by Gasteiger charge is -2.15.